The maximum atomic E-state index is 15.0. The third-order valence-corrected chi connectivity index (χ3v) is 19.1. The first-order valence-corrected chi connectivity index (χ1v) is 38.1. The molecular formula is C75H98F3N17O20S. The number of phenolic OH excluding ortho intramolecular Hbond substituents is 1. The number of aliphatic hydroxyl groups excluding tert-OH is 1. The smallest absolute Gasteiger partial charge is 0.490 e. The third kappa shape index (κ3) is 30.2. The number of carboxylic acids is 1. The number of fused-ring (bicyclic) bond motifs is 1. The molecule has 41 heteroatoms. The summed E-state index contributed by atoms with van der Waals surface area (Å²) in [6.07, 6.45) is -7.50. The van der Waals surface area contributed by atoms with Gasteiger partial charge in [0.1, 0.15) is 59.0 Å². The van der Waals surface area contributed by atoms with E-state index in [9.17, 15) is 98.7 Å². The lowest BCUT2D eigenvalue weighted by Crippen LogP contribution is -2.61. The third-order valence-electron chi connectivity index (χ3n) is 18.2. The minimum atomic E-state index is -5.08. The number of halogens is 3. The molecule has 0 aliphatic carbocycles. The minimum absolute atomic E-state index is 0.0181. The average Bonchev–Trinajstić information content (AvgIpc) is 1.14. The monoisotopic (exact) mass is 1650 g/mol. The largest absolute Gasteiger partial charge is 0.508 e. The summed E-state index contributed by atoms with van der Waals surface area (Å²) in [7, 11) is -0.723. The molecule has 0 bridgehead atoms. The van der Waals surface area contributed by atoms with Crippen LogP contribution in [0.2, 0.25) is 0 Å². The van der Waals surface area contributed by atoms with Gasteiger partial charge in [0.2, 0.25) is 70.9 Å². The summed E-state index contributed by atoms with van der Waals surface area (Å²) in [4.78, 5) is 189. The lowest BCUT2D eigenvalue weighted by molar-refractivity contribution is -0.192. The second-order valence-corrected chi connectivity index (χ2v) is 28.9. The Kier molecular flexibility index (Phi) is 36.5. The molecule has 630 valence electrons. The molecule has 5 aromatic carbocycles. The number of benzene rings is 5. The quantitative estimate of drug-likeness (QED) is 0.0149. The van der Waals surface area contributed by atoms with Gasteiger partial charge >= 0.3 is 12.1 Å². The van der Waals surface area contributed by atoms with Gasteiger partial charge < -0.3 is 95.5 Å². The molecule has 0 aromatic heterocycles. The number of carbonyl (C=O) groups excluding carboxylic acids is 13. The molecule has 0 spiro atoms. The van der Waals surface area contributed by atoms with E-state index in [0.717, 1.165) is 5.69 Å². The van der Waals surface area contributed by atoms with Gasteiger partial charge in [-0.25, -0.2) is 4.79 Å². The number of aromatic hydroxyl groups is 1. The van der Waals surface area contributed by atoms with E-state index in [1.165, 1.54) is 47.4 Å². The van der Waals surface area contributed by atoms with Crippen LogP contribution in [0.5, 0.6) is 5.75 Å². The Labute approximate surface area is 665 Å². The predicted molar refractivity (Wildman–Crippen MR) is 414 cm³/mol. The van der Waals surface area contributed by atoms with Crippen molar-refractivity contribution < 1.29 is 109 Å². The minimum Gasteiger partial charge on any atom is -0.508 e. The van der Waals surface area contributed by atoms with Crippen LogP contribution >= 0.6 is 0 Å². The Morgan fingerprint density at radius 1 is 0.603 bits per heavy atom. The van der Waals surface area contributed by atoms with Gasteiger partial charge in [0.25, 0.3) is 16.0 Å². The zero-order chi connectivity index (χ0) is 86.3. The van der Waals surface area contributed by atoms with E-state index in [0.29, 0.717) is 40.0 Å². The number of nitrogens with zero attached hydrogens (tertiary/aromatic N) is 4. The van der Waals surface area contributed by atoms with E-state index in [2.05, 4.69) is 63.4 Å². The highest BCUT2D eigenvalue weighted by Gasteiger charge is 2.42. The number of hydrogen-bond acceptors (Lipinski definition) is 22. The summed E-state index contributed by atoms with van der Waals surface area (Å²) in [6, 6.07) is 16.1. The standard InChI is InChI=1S/C73H97N17O18S.C2HF3O2/c1-7-42(4)64(72(104)85-63(41(2)3)71(103)82-52(30-32-59(74)93)66(98)79-36-35-77-51-14-8-13-50-49(51)12-9-16-58(50)109(106,107)108)86-70(102)57-15-11-37-90(57)73(105)55(38-43-18-28-48(92)29-19-43)84-68(100)54(39-61(76)95)83-67(99)53(31-33-60(75)94)81-69(101)56(40-91)80-62(96)17-10-34-78-65(97)44-20-22-45(23-21-44)87-88-46-24-26-47(27-25-46)89(5)6;3-2(4,5)1(6)7/h8-9,12-14,16,18-29,41-42,52-57,63-64,77,91-92H,7,10-11,15,17,30-40H2,1-6H3,(H2,74,93)(H2,75,94)(H2,76,95)(H,78,97)(H,79,98)(H,80,96)(H,81,101)(H,82,103)(H,83,99)(H,84,100)(H,85,104)(H,86,102)(H,106,107,108);(H,6,7)/t42-,52-,53-,54-,55-,56-,57-,63-,64-;/m0./s1. The Morgan fingerprint density at radius 2 is 1.14 bits per heavy atom. The number of nitrogens with two attached hydrogens (primary N) is 3. The van der Waals surface area contributed by atoms with Crippen LogP contribution in [-0.4, -0.2) is 217 Å². The summed E-state index contributed by atoms with van der Waals surface area (Å²) in [5, 5.41) is 62.7. The highest BCUT2D eigenvalue weighted by atomic mass is 32.2. The highest BCUT2D eigenvalue weighted by molar-refractivity contribution is 7.86. The number of alkyl halides is 3. The van der Waals surface area contributed by atoms with Crippen LogP contribution in [-0.2, 0) is 78.9 Å². The van der Waals surface area contributed by atoms with Gasteiger partial charge in [0.15, 0.2) is 0 Å². The van der Waals surface area contributed by atoms with Crippen LogP contribution in [0, 0.1) is 11.8 Å². The van der Waals surface area contributed by atoms with E-state index >= 15 is 0 Å². The van der Waals surface area contributed by atoms with E-state index in [4.69, 9.17) is 27.1 Å². The van der Waals surface area contributed by atoms with Crippen molar-refractivity contribution >= 4 is 126 Å². The summed E-state index contributed by atoms with van der Waals surface area (Å²) in [6.45, 7) is 5.64. The summed E-state index contributed by atoms with van der Waals surface area (Å²) in [5.41, 5.74) is 19.7. The average molecular weight is 1650 g/mol. The first kappa shape index (κ1) is 94.2. The molecule has 0 unspecified atom stereocenters. The number of likely N-dealkylation sites (tertiary alicyclic amines) is 1. The molecule has 1 aliphatic heterocycles. The van der Waals surface area contributed by atoms with Crippen molar-refractivity contribution in [2.24, 2.45) is 39.3 Å². The number of anilines is 2. The molecule has 116 heavy (non-hydrogen) atoms. The number of aliphatic carboxylic acids is 1. The molecule has 13 amide bonds. The van der Waals surface area contributed by atoms with Gasteiger partial charge in [-0.2, -0.15) is 31.8 Å². The molecule has 1 fully saturated rings. The molecule has 5 aromatic rings. The molecule has 37 nitrogen and oxygen atoms in total. The van der Waals surface area contributed by atoms with Crippen molar-refractivity contribution in [3.63, 3.8) is 0 Å². The summed E-state index contributed by atoms with van der Waals surface area (Å²) >= 11 is 0. The van der Waals surface area contributed by atoms with Gasteiger partial charge in [-0.1, -0.05) is 70.5 Å². The topological polar surface area (TPSA) is 584 Å². The summed E-state index contributed by atoms with van der Waals surface area (Å²) < 4.78 is 65.6. The van der Waals surface area contributed by atoms with Crippen molar-refractivity contribution in [1.82, 2.24) is 52.8 Å². The van der Waals surface area contributed by atoms with Gasteiger partial charge in [0, 0.05) is 93.7 Å². The molecule has 1 aliphatic rings. The molecule has 1 saturated heterocycles. The zero-order valence-corrected chi connectivity index (χ0v) is 65.2. The number of nitrogens with one attached hydrogen (secondary N) is 10. The fourth-order valence-corrected chi connectivity index (χ4v) is 12.4. The van der Waals surface area contributed by atoms with E-state index in [1.807, 2.05) is 43.3 Å². The summed E-state index contributed by atoms with van der Waals surface area (Å²) in [5.74, 6) is -15.7. The number of azo groups is 1. The van der Waals surface area contributed by atoms with Gasteiger partial charge in [0.05, 0.1) is 24.4 Å². The fraction of sp³-hybridized carbons (Fsp3) is 0.440. The predicted octanol–water partition coefficient (Wildman–Crippen LogP) is 1.37. The Hall–Kier alpha value is -12.4. The second-order valence-electron chi connectivity index (χ2n) is 27.6. The first-order valence-electron chi connectivity index (χ1n) is 36.7. The van der Waals surface area contributed by atoms with E-state index in [1.54, 1.807) is 70.2 Å². The normalized spacial score (nSPS) is 14.7. The number of aliphatic hydroxyl groups is 1. The van der Waals surface area contributed by atoms with Crippen molar-refractivity contribution in [2.45, 2.75) is 158 Å². The van der Waals surface area contributed by atoms with Crippen LogP contribution in [0.4, 0.5) is 35.9 Å². The number of carbonyl (C=O) groups is 14. The highest BCUT2D eigenvalue weighted by Crippen LogP contribution is 2.30. The van der Waals surface area contributed by atoms with Crippen molar-refractivity contribution in [3.8, 4) is 5.75 Å². The fourth-order valence-electron chi connectivity index (χ4n) is 11.7. The van der Waals surface area contributed by atoms with Crippen LogP contribution < -0.4 is 75.3 Å². The molecule has 6 rings (SSSR count). The van der Waals surface area contributed by atoms with Gasteiger partial charge in [-0.05, 0) is 122 Å². The van der Waals surface area contributed by atoms with Gasteiger partial charge in [-0.15, -0.1) is 0 Å². The number of hydrogen-bond donors (Lipinski definition) is 17. The number of carboxylic acid groups (broad SMARTS) is 1. The SMILES string of the molecule is CC[C@H](C)[C@H](NC(=O)[C@@H]1CCCN1C(=O)[C@H](Cc1ccc(O)cc1)NC(=O)[C@H](CC(N)=O)NC(=O)[C@H](CCC(N)=O)NC(=O)[C@H](CO)NC(=O)CCCNC(=O)c1ccc(N=Nc2ccc(N(C)C)cc2)cc1)C(=O)N[C@H](C(=O)N[C@@H](CCC(N)=O)C(=O)NCCNc1cccc2c(S(=O)(=O)O)cccc12)C(C)C.O=C(O)C(F)(F)F. The lowest BCUT2D eigenvalue weighted by atomic mass is 9.95. The van der Waals surface area contributed by atoms with Gasteiger partial charge in [-0.3, -0.25) is 66.9 Å². The van der Waals surface area contributed by atoms with Crippen LogP contribution in [0.15, 0.2) is 124 Å². The van der Waals surface area contributed by atoms with E-state index < -0.39 is 185 Å². The number of rotatable bonds is 42. The number of amides is 13. The van der Waals surface area contributed by atoms with Crippen LogP contribution in [0.1, 0.15) is 108 Å². The Balaban J connectivity index is 0.00000327. The van der Waals surface area contributed by atoms with Crippen LogP contribution in [0.25, 0.3) is 10.8 Å². The van der Waals surface area contributed by atoms with E-state index in [-0.39, 0.29) is 87.2 Å². The Bertz CT molecular complexity index is 4460. The molecule has 20 N–H and O–H groups in total. The van der Waals surface area contributed by atoms with Crippen molar-refractivity contribution in [3.05, 3.63) is 120 Å². The van der Waals surface area contributed by atoms with Crippen molar-refractivity contribution in [1.29, 1.82) is 0 Å². The molecule has 0 radical (unpaired) electrons. The second kappa shape index (κ2) is 44.9. The Morgan fingerprint density at radius 3 is 1.69 bits per heavy atom. The number of phenols is 1. The molecule has 0 saturated carbocycles. The molecule has 9 atom stereocenters. The molecular weight excluding hydrogens is 1550 g/mol. The maximum Gasteiger partial charge on any atom is 0.490 e. The van der Waals surface area contributed by atoms with Crippen molar-refractivity contribution in [2.75, 3.05) is 57.1 Å². The molecule has 1 heterocycles. The zero-order valence-electron chi connectivity index (χ0n) is 64.4. The maximum absolute atomic E-state index is 15.0. The lowest BCUT2D eigenvalue weighted by Gasteiger charge is -2.32. The first-order chi connectivity index (χ1) is 54.6. The van der Waals surface area contributed by atoms with Crippen LogP contribution in [0.3, 0.4) is 0 Å². The number of primary amides is 3.